The number of ether oxygens (including phenoxy) is 2. The number of benzene rings is 2. The number of hydrogen-bond donors (Lipinski definition) is 1. The van der Waals surface area contributed by atoms with Crippen molar-refractivity contribution in [2.45, 2.75) is 6.54 Å². The summed E-state index contributed by atoms with van der Waals surface area (Å²) in [6.07, 6.45) is 1.63. The highest BCUT2D eigenvalue weighted by molar-refractivity contribution is 5.92. The minimum Gasteiger partial charge on any atom is -0.497 e. The predicted molar refractivity (Wildman–Crippen MR) is 109 cm³/mol. The number of amides is 1. The Kier molecular flexibility index (Phi) is 6.11. The molecule has 0 fully saturated rings. The molecule has 1 aromatic heterocycles. The zero-order valence-corrected chi connectivity index (χ0v) is 16.2. The van der Waals surface area contributed by atoms with Gasteiger partial charge in [-0.15, -0.1) is 0 Å². The Labute approximate surface area is 164 Å². The number of methoxy groups -OCH3 is 2. The molecule has 6 heteroatoms. The van der Waals surface area contributed by atoms with Gasteiger partial charge in [-0.3, -0.25) is 4.79 Å². The Bertz CT molecular complexity index is 928. The van der Waals surface area contributed by atoms with Gasteiger partial charge in [-0.1, -0.05) is 30.3 Å². The van der Waals surface area contributed by atoms with Gasteiger partial charge in [0.25, 0.3) is 5.91 Å². The lowest BCUT2D eigenvalue weighted by molar-refractivity contribution is 0.0779. The summed E-state index contributed by atoms with van der Waals surface area (Å²) >= 11 is 0. The Morgan fingerprint density at radius 3 is 2.46 bits per heavy atom. The number of rotatable bonds is 7. The highest BCUT2D eigenvalue weighted by Gasteiger charge is 2.14. The first-order chi connectivity index (χ1) is 13.6. The first-order valence-electron chi connectivity index (χ1n) is 8.85. The summed E-state index contributed by atoms with van der Waals surface area (Å²) in [6, 6.07) is 18.9. The molecule has 2 aromatic carbocycles. The summed E-state index contributed by atoms with van der Waals surface area (Å²) < 4.78 is 10.6. The van der Waals surface area contributed by atoms with E-state index in [9.17, 15) is 4.79 Å². The largest absolute Gasteiger partial charge is 0.497 e. The second-order valence-corrected chi connectivity index (χ2v) is 6.27. The fourth-order valence-electron chi connectivity index (χ4n) is 2.78. The average Bonchev–Trinajstić information content (AvgIpc) is 2.74. The molecule has 1 N–H and O–H groups in total. The molecule has 0 radical (unpaired) electrons. The van der Waals surface area contributed by atoms with Crippen LogP contribution in [0.4, 0.5) is 11.4 Å². The number of carbonyl (C=O) groups excluding carboxylic acids is 1. The van der Waals surface area contributed by atoms with Crippen molar-refractivity contribution in [2.75, 3.05) is 26.6 Å². The molecule has 0 aliphatic heterocycles. The average molecular weight is 377 g/mol. The normalized spacial score (nSPS) is 10.2. The first-order valence-corrected chi connectivity index (χ1v) is 8.85. The van der Waals surface area contributed by atoms with Crippen LogP contribution in [0.3, 0.4) is 0 Å². The van der Waals surface area contributed by atoms with Gasteiger partial charge in [0, 0.05) is 19.7 Å². The molecule has 0 unspecified atom stereocenters. The highest BCUT2D eigenvalue weighted by atomic mass is 16.5. The van der Waals surface area contributed by atoms with Crippen LogP contribution >= 0.6 is 0 Å². The summed E-state index contributed by atoms with van der Waals surface area (Å²) in [6.45, 7) is 0.532. The lowest BCUT2D eigenvalue weighted by Crippen LogP contribution is -2.26. The van der Waals surface area contributed by atoms with E-state index >= 15 is 0 Å². The van der Waals surface area contributed by atoms with Gasteiger partial charge in [0.1, 0.15) is 17.2 Å². The topological polar surface area (TPSA) is 63.7 Å². The van der Waals surface area contributed by atoms with Crippen LogP contribution in [0.25, 0.3) is 0 Å². The van der Waals surface area contributed by atoms with Gasteiger partial charge < -0.3 is 19.7 Å². The predicted octanol–water partition coefficient (Wildman–Crippen LogP) is 4.11. The fraction of sp³-hybridized carbons (Fsp3) is 0.182. The molecule has 0 aliphatic carbocycles. The number of hydrogen-bond acceptors (Lipinski definition) is 5. The Hall–Kier alpha value is -3.54. The van der Waals surface area contributed by atoms with Crippen molar-refractivity contribution >= 4 is 17.3 Å². The maximum Gasteiger partial charge on any atom is 0.272 e. The summed E-state index contributed by atoms with van der Waals surface area (Å²) in [4.78, 5) is 18.6. The highest BCUT2D eigenvalue weighted by Crippen LogP contribution is 2.31. The summed E-state index contributed by atoms with van der Waals surface area (Å²) in [5.41, 5.74) is 3.00. The van der Waals surface area contributed by atoms with E-state index in [1.54, 1.807) is 44.5 Å². The molecule has 28 heavy (non-hydrogen) atoms. The molecule has 3 aromatic rings. The maximum atomic E-state index is 12.6. The molecule has 0 saturated carbocycles. The van der Waals surface area contributed by atoms with E-state index in [1.807, 2.05) is 48.5 Å². The van der Waals surface area contributed by atoms with Gasteiger partial charge >= 0.3 is 0 Å². The number of carbonyl (C=O) groups is 1. The molecule has 0 atom stereocenters. The molecule has 0 spiro atoms. The van der Waals surface area contributed by atoms with Gasteiger partial charge in [-0.25, -0.2) is 4.98 Å². The third kappa shape index (κ3) is 4.59. The van der Waals surface area contributed by atoms with Crippen molar-refractivity contribution in [2.24, 2.45) is 0 Å². The number of nitrogens with one attached hydrogen (secondary N) is 1. The van der Waals surface area contributed by atoms with Crippen molar-refractivity contribution in [1.29, 1.82) is 0 Å². The van der Waals surface area contributed by atoms with Crippen LogP contribution in [0.2, 0.25) is 0 Å². The number of nitrogens with zero attached hydrogens (tertiary/aromatic N) is 2. The monoisotopic (exact) mass is 377 g/mol. The zero-order valence-electron chi connectivity index (χ0n) is 16.2. The van der Waals surface area contributed by atoms with Gasteiger partial charge in [0.15, 0.2) is 0 Å². The third-order valence-electron chi connectivity index (χ3n) is 4.28. The van der Waals surface area contributed by atoms with E-state index in [0.717, 1.165) is 16.9 Å². The SMILES string of the molecule is COc1ccc(Nc2ccc(C(=O)N(C)Cc3ccccc3)nc2)c(OC)c1. The molecular weight excluding hydrogens is 354 g/mol. The number of pyridine rings is 1. The Morgan fingerprint density at radius 2 is 1.82 bits per heavy atom. The van der Waals surface area contributed by atoms with E-state index in [1.165, 1.54) is 0 Å². The molecule has 0 bridgehead atoms. The number of anilines is 2. The van der Waals surface area contributed by atoms with Crippen molar-refractivity contribution in [3.8, 4) is 11.5 Å². The quantitative estimate of drug-likeness (QED) is 0.671. The van der Waals surface area contributed by atoms with Crippen LogP contribution in [-0.2, 0) is 6.54 Å². The van der Waals surface area contributed by atoms with Gasteiger partial charge in [0.05, 0.1) is 31.8 Å². The number of aromatic nitrogens is 1. The molecule has 1 heterocycles. The van der Waals surface area contributed by atoms with Crippen molar-refractivity contribution in [1.82, 2.24) is 9.88 Å². The van der Waals surface area contributed by atoms with Crippen LogP contribution in [0, 0.1) is 0 Å². The smallest absolute Gasteiger partial charge is 0.272 e. The lowest BCUT2D eigenvalue weighted by Gasteiger charge is -2.17. The molecule has 0 aliphatic rings. The Balaban J connectivity index is 1.68. The minimum atomic E-state index is -0.127. The van der Waals surface area contributed by atoms with Crippen LogP contribution in [0.1, 0.15) is 16.1 Å². The van der Waals surface area contributed by atoms with Crippen molar-refractivity contribution in [3.05, 3.63) is 78.1 Å². The molecule has 0 saturated heterocycles. The van der Waals surface area contributed by atoms with Crippen molar-refractivity contribution < 1.29 is 14.3 Å². The van der Waals surface area contributed by atoms with Gasteiger partial charge in [-0.2, -0.15) is 0 Å². The summed E-state index contributed by atoms with van der Waals surface area (Å²) in [7, 11) is 4.98. The second-order valence-electron chi connectivity index (χ2n) is 6.27. The van der Waals surface area contributed by atoms with Gasteiger partial charge in [-0.05, 0) is 29.8 Å². The van der Waals surface area contributed by atoms with Crippen LogP contribution in [-0.4, -0.2) is 37.1 Å². The van der Waals surface area contributed by atoms with E-state index in [4.69, 9.17) is 9.47 Å². The van der Waals surface area contributed by atoms with Gasteiger partial charge in [0.2, 0.25) is 0 Å². The third-order valence-corrected chi connectivity index (χ3v) is 4.28. The standard InChI is InChI=1S/C22H23N3O3/c1-25(15-16-7-5-4-6-8-16)22(26)20-11-9-17(14-23-20)24-19-12-10-18(27-2)13-21(19)28-3/h4-14,24H,15H2,1-3H3. The summed E-state index contributed by atoms with van der Waals surface area (Å²) in [5, 5.41) is 3.24. The molecule has 3 rings (SSSR count). The first kappa shape index (κ1) is 19.2. The van der Waals surface area contributed by atoms with Crippen LogP contribution in [0.15, 0.2) is 66.9 Å². The molecule has 144 valence electrons. The fourth-order valence-corrected chi connectivity index (χ4v) is 2.78. The second kappa shape index (κ2) is 8.90. The summed E-state index contributed by atoms with van der Waals surface area (Å²) in [5.74, 6) is 1.24. The lowest BCUT2D eigenvalue weighted by atomic mass is 10.2. The van der Waals surface area contributed by atoms with Crippen LogP contribution < -0.4 is 14.8 Å². The van der Waals surface area contributed by atoms with E-state index in [2.05, 4.69) is 10.3 Å². The van der Waals surface area contributed by atoms with E-state index < -0.39 is 0 Å². The maximum absolute atomic E-state index is 12.6. The molecular formula is C22H23N3O3. The van der Waals surface area contributed by atoms with Crippen molar-refractivity contribution in [3.63, 3.8) is 0 Å². The molecule has 6 nitrogen and oxygen atoms in total. The Morgan fingerprint density at radius 1 is 1.04 bits per heavy atom. The minimum absolute atomic E-state index is 0.127. The molecule has 1 amide bonds. The van der Waals surface area contributed by atoms with E-state index in [-0.39, 0.29) is 5.91 Å². The zero-order chi connectivity index (χ0) is 19.9. The van der Waals surface area contributed by atoms with E-state index in [0.29, 0.717) is 23.7 Å². The van der Waals surface area contributed by atoms with Crippen LogP contribution in [0.5, 0.6) is 11.5 Å².